The molecular weight excluding hydrogens is 233 g/mol. The molecule has 1 unspecified atom stereocenters. The molecule has 1 aromatic carbocycles. The van der Waals surface area contributed by atoms with Crippen molar-refractivity contribution < 1.29 is 22.6 Å². The van der Waals surface area contributed by atoms with Crippen molar-refractivity contribution >= 4 is 0 Å². The molecule has 0 spiro atoms. The highest BCUT2D eigenvalue weighted by Gasteiger charge is 2.40. The van der Waals surface area contributed by atoms with Gasteiger partial charge in [0.15, 0.2) is 0 Å². The minimum absolute atomic E-state index is 0.441. The predicted molar refractivity (Wildman–Crippen MR) is 58.0 cm³/mol. The summed E-state index contributed by atoms with van der Waals surface area (Å²) in [6.07, 6.45) is -5.32. The van der Waals surface area contributed by atoms with Crippen LogP contribution in [0.3, 0.4) is 0 Å². The van der Waals surface area contributed by atoms with E-state index in [4.69, 9.17) is 9.47 Å². The monoisotopic (exact) mass is 248 g/mol. The molecule has 0 bridgehead atoms. The fourth-order valence-corrected chi connectivity index (χ4v) is 1.63. The van der Waals surface area contributed by atoms with Crippen LogP contribution in [-0.4, -0.2) is 20.4 Å². The summed E-state index contributed by atoms with van der Waals surface area (Å²) >= 11 is 0. The molecule has 0 amide bonds. The Hall–Kier alpha value is -1.23. The first-order chi connectivity index (χ1) is 7.80. The maximum Gasteiger partial charge on any atom is 0.392 e. The van der Waals surface area contributed by atoms with E-state index in [1.807, 2.05) is 0 Å². The minimum atomic E-state index is -4.28. The van der Waals surface area contributed by atoms with Gasteiger partial charge in [0.05, 0.1) is 19.1 Å². The molecule has 5 heteroatoms. The van der Waals surface area contributed by atoms with Crippen LogP contribution in [0.2, 0.25) is 0 Å². The molecule has 0 aliphatic heterocycles. The van der Waals surface area contributed by atoms with Crippen molar-refractivity contribution in [2.24, 2.45) is 0 Å². The molecule has 1 aromatic rings. The average Bonchev–Trinajstić information content (AvgIpc) is 2.27. The van der Waals surface area contributed by atoms with Crippen molar-refractivity contribution in [2.75, 3.05) is 14.2 Å². The first kappa shape index (κ1) is 13.8. The van der Waals surface area contributed by atoms with Gasteiger partial charge in [-0.15, -0.1) is 0 Å². The average molecular weight is 248 g/mol. The Bertz CT molecular complexity index is 376. The molecule has 0 saturated heterocycles. The molecule has 17 heavy (non-hydrogen) atoms. The van der Waals surface area contributed by atoms with Crippen LogP contribution in [0.15, 0.2) is 24.3 Å². The summed E-state index contributed by atoms with van der Waals surface area (Å²) < 4.78 is 47.5. The van der Waals surface area contributed by atoms with Crippen LogP contribution < -0.4 is 4.74 Å². The van der Waals surface area contributed by atoms with Gasteiger partial charge in [0, 0.05) is 7.11 Å². The number of methoxy groups -OCH3 is 2. The number of hydrogen-bond donors (Lipinski definition) is 0. The molecular formula is C12H15F3O2. The lowest BCUT2D eigenvalue weighted by molar-refractivity contribution is -0.181. The van der Waals surface area contributed by atoms with Gasteiger partial charge in [-0.05, 0) is 24.6 Å². The van der Waals surface area contributed by atoms with E-state index in [2.05, 4.69) is 0 Å². The summed E-state index contributed by atoms with van der Waals surface area (Å²) in [5.41, 5.74) is -0.955. The predicted octanol–water partition coefficient (Wildman–Crippen LogP) is 3.51. The Balaban J connectivity index is 3.06. The maximum absolute atomic E-state index is 12.5. The van der Waals surface area contributed by atoms with Crippen LogP contribution in [-0.2, 0) is 10.3 Å². The highest BCUT2D eigenvalue weighted by Crippen LogP contribution is 2.37. The van der Waals surface area contributed by atoms with E-state index in [0.717, 1.165) is 0 Å². The Kier molecular flexibility index (Phi) is 4.03. The summed E-state index contributed by atoms with van der Waals surface area (Å²) in [7, 11) is 2.73. The smallest absolute Gasteiger partial charge is 0.392 e. The fraction of sp³-hybridized carbons (Fsp3) is 0.500. The van der Waals surface area contributed by atoms with Crippen molar-refractivity contribution in [3.05, 3.63) is 29.8 Å². The Morgan fingerprint density at radius 2 is 1.82 bits per heavy atom. The van der Waals surface area contributed by atoms with Crippen molar-refractivity contribution in [3.63, 3.8) is 0 Å². The SMILES string of the molecule is COc1cccc(C(C)(CC(F)(F)F)OC)c1. The number of alkyl halides is 3. The van der Waals surface area contributed by atoms with Gasteiger partial charge >= 0.3 is 6.18 Å². The van der Waals surface area contributed by atoms with Crippen molar-refractivity contribution in [1.29, 1.82) is 0 Å². The number of hydrogen-bond acceptors (Lipinski definition) is 2. The summed E-state index contributed by atoms with van der Waals surface area (Å²) in [5.74, 6) is 0.507. The van der Waals surface area contributed by atoms with Crippen LogP contribution >= 0.6 is 0 Å². The van der Waals surface area contributed by atoms with Crippen molar-refractivity contribution in [1.82, 2.24) is 0 Å². The molecule has 96 valence electrons. The molecule has 1 rings (SSSR count). The molecule has 0 aliphatic carbocycles. The van der Waals surface area contributed by atoms with E-state index in [9.17, 15) is 13.2 Å². The second kappa shape index (κ2) is 4.96. The van der Waals surface area contributed by atoms with Crippen LogP contribution in [0.4, 0.5) is 13.2 Å². The van der Waals surface area contributed by atoms with Crippen LogP contribution in [0.5, 0.6) is 5.75 Å². The lowest BCUT2D eigenvalue weighted by Crippen LogP contribution is -2.31. The summed E-state index contributed by atoms with van der Waals surface area (Å²) in [6.45, 7) is 1.41. The second-order valence-corrected chi connectivity index (χ2v) is 3.96. The first-order valence-electron chi connectivity index (χ1n) is 5.07. The summed E-state index contributed by atoms with van der Waals surface area (Å²) in [4.78, 5) is 0. The molecule has 1 atom stereocenters. The van der Waals surface area contributed by atoms with Gasteiger partial charge in [0.25, 0.3) is 0 Å². The molecule has 0 radical (unpaired) electrons. The zero-order valence-electron chi connectivity index (χ0n) is 9.97. The third-order valence-corrected chi connectivity index (χ3v) is 2.67. The fourth-order valence-electron chi connectivity index (χ4n) is 1.63. The normalized spacial score (nSPS) is 15.4. The van der Waals surface area contributed by atoms with Crippen LogP contribution in [0.1, 0.15) is 18.9 Å². The molecule has 0 N–H and O–H groups in total. The Morgan fingerprint density at radius 1 is 1.18 bits per heavy atom. The number of rotatable bonds is 4. The van der Waals surface area contributed by atoms with Gasteiger partial charge in [-0.3, -0.25) is 0 Å². The third kappa shape index (κ3) is 3.63. The van der Waals surface area contributed by atoms with Gasteiger partial charge in [0.2, 0.25) is 0 Å². The van der Waals surface area contributed by atoms with E-state index in [1.54, 1.807) is 24.3 Å². The van der Waals surface area contributed by atoms with Gasteiger partial charge in [-0.2, -0.15) is 13.2 Å². The second-order valence-electron chi connectivity index (χ2n) is 3.96. The van der Waals surface area contributed by atoms with E-state index in [1.165, 1.54) is 21.1 Å². The lowest BCUT2D eigenvalue weighted by atomic mass is 9.92. The lowest BCUT2D eigenvalue weighted by Gasteiger charge is -2.29. The van der Waals surface area contributed by atoms with E-state index < -0.39 is 18.2 Å². The van der Waals surface area contributed by atoms with Crippen LogP contribution in [0, 0.1) is 0 Å². The van der Waals surface area contributed by atoms with E-state index in [-0.39, 0.29) is 0 Å². The van der Waals surface area contributed by atoms with E-state index in [0.29, 0.717) is 11.3 Å². The zero-order chi connectivity index (χ0) is 13.1. The maximum atomic E-state index is 12.5. The topological polar surface area (TPSA) is 18.5 Å². The number of halogens is 3. The van der Waals surface area contributed by atoms with E-state index >= 15 is 0 Å². The zero-order valence-corrected chi connectivity index (χ0v) is 9.97. The number of benzene rings is 1. The largest absolute Gasteiger partial charge is 0.497 e. The molecule has 0 saturated carbocycles. The molecule has 0 aromatic heterocycles. The molecule has 2 nitrogen and oxygen atoms in total. The summed E-state index contributed by atoms with van der Waals surface area (Å²) in [5, 5.41) is 0. The standard InChI is InChI=1S/C12H15F3O2/c1-11(17-3,8-12(13,14)15)9-5-4-6-10(7-9)16-2/h4-7H,8H2,1-3H3. The van der Waals surface area contributed by atoms with Crippen LogP contribution in [0.25, 0.3) is 0 Å². The Labute approximate surface area is 98.3 Å². The first-order valence-corrected chi connectivity index (χ1v) is 5.07. The van der Waals surface area contributed by atoms with Gasteiger partial charge in [-0.25, -0.2) is 0 Å². The van der Waals surface area contributed by atoms with Gasteiger partial charge in [-0.1, -0.05) is 12.1 Å². The molecule has 0 fully saturated rings. The molecule has 0 aliphatic rings. The van der Waals surface area contributed by atoms with Gasteiger partial charge in [0.1, 0.15) is 5.75 Å². The van der Waals surface area contributed by atoms with Crippen molar-refractivity contribution in [2.45, 2.75) is 25.1 Å². The third-order valence-electron chi connectivity index (χ3n) is 2.67. The quantitative estimate of drug-likeness (QED) is 0.811. The van der Waals surface area contributed by atoms with Gasteiger partial charge < -0.3 is 9.47 Å². The Morgan fingerprint density at radius 3 is 2.29 bits per heavy atom. The highest BCUT2D eigenvalue weighted by atomic mass is 19.4. The molecule has 0 heterocycles. The minimum Gasteiger partial charge on any atom is -0.497 e. The highest BCUT2D eigenvalue weighted by molar-refractivity contribution is 5.32. The summed E-state index contributed by atoms with van der Waals surface area (Å²) in [6, 6.07) is 6.46. The van der Waals surface area contributed by atoms with Crippen molar-refractivity contribution in [3.8, 4) is 5.75 Å². The number of ether oxygens (including phenoxy) is 2.